The van der Waals surface area contributed by atoms with E-state index in [1.807, 2.05) is 0 Å². The Hall–Kier alpha value is -2.59. The lowest BCUT2D eigenvalue weighted by Crippen LogP contribution is -2.12. The van der Waals surface area contributed by atoms with E-state index in [9.17, 15) is 9.50 Å². The van der Waals surface area contributed by atoms with Gasteiger partial charge in [-0.15, -0.1) is 4.80 Å². The van der Waals surface area contributed by atoms with Gasteiger partial charge in [0.25, 0.3) is 0 Å². The van der Waals surface area contributed by atoms with Crippen LogP contribution < -0.4 is 5.32 Å². The van der Waals surface area contributed by atoms with Crippen LogP contribution in [0.3, 0.4) is 0 Å². The van der Waals surface area contributed by atoms with Crippen molar-refractivity contribution in [3.8, 4) is 16.9 Å². The number of rotatable bonds is 5. The fourth-order valence-electron chi connectivity index (χ4n) is 2.79. The van der Waals surface area contributed by atoms with Crippen molar-refractivity contribution in [3.63, 3.8) is 0 Å². The molecular formula is C19H12BrCl2FN6O. The van der Waals surface area contributed by atoms with Gasteiger partial charge in [0.2, 0.25) is 0 Å². The van der Waals surface area contributed by atoms with Crippen molar-refractivity contribution in [2.45, 2.75) is 6.23 Å². The number of hydrogen-bond donors (Lipinski definition) is 2. The fourth-order valence-corrected chi connectivity index (χ4v) is 3.76. The second kappa shape index (κ2) is 8.65. The topological polar surface area (TPSA) is 88.8 Å². The number of anilines is 1. The van der Waals surface area contributed by atoms with Crippen molar-refractivity contribution in [2.24, 2.45) is 0 Å². The van der Waals surface area contributed by atoms with Crippen LogP contribution in [0.15, 0.2) is 59.7 Å². The third-order valence-corrected chi connectivity index (χ3v) is 5.41. The predicted molar refractivity (Wildman–Crippen MR) is 115 cm³/mol. The summed E-state index contributed by atoms with van der Waals surface area (Å²) in [5.74, 6) is -0.212. The Bertz CT molecular complexity index is 1210. The van der Waals surface area contributed by atoms with Gasteiger partial charge < -0.3 is 10.4 Å². The molecule has 0 aliphatic heterocycles. The zero-order chi connectivity index (χ0) is 21.3. The van der Waals surface area contributed by atoms with Crippen molar-refractivity contribution >= 4 is 44.8 Å². The maximum absolute atomic E-state index is 14.8. The third-order valence-electron chi connectivity index (χ3n) is 4.18. The van der Waals surface area contributed by atoms with Crippen LogP contribution in [0.1, 0.15) is 11.8 Å². The van der Waals surface area contributed by atoms with E-state index in [0.717, 1.165) is 0 Å². The molecule has 7 nitrogen and oxygen atoms in total. The Balaban J connectivity index is 1.60. The quantitative estimate of drug-likeness (QED) is 0.366. The predicted octanol–water partition coefficient (Wildman–Crippen LogP) is 5.04. The largest absolute Gasteiger partial charge is 0.369 e. The summed E-state index contributed by atoms with van der Waals surface area (Å²) in [7, 11) is 0. The van der Waals surface area contributed by atoms with E-state index in [-0.39, 0.29) is 21.2 Å². The number of nitrogens with one attached hydrogen (secondary N) is 1. The van der Waals surface area contributed by atoms with Crippen LogP contribution in [0, 0.1) is 5.82 Å². The average Bonchev–Trinajstić information content (AvgIpc) is 3.24. The zero-order valence-corrected chi connectivity index (χ0v) is 18.1. The van der Waals surface area contributed by atoms with Crippen molar-refractivity contribution in [1.82, 2.24) is 25.0 Å². The van der Waals surface area contributed by atoms with Crippen LogP contribution in [-0.4, -0.2) is 30.1 Å². The number of benzene rings is 1. The van der Waals surface area contributed by atoms with Gasteiger partial charge in [0.05, 0.1) is 29.3 Å². The Labute approximate surface area is 188 Å². The van der Waals surface area contributed by atoms with E-state index in [1.165, 1.54) is 35.5 Å². The van der Waals surface area contributed by atoms with Crippen molar-refractivity contribution in [2.75, 3.05) is 5.32 Å². The average molecular weight is 510 g/mol. The molecule has 1 atom stereocenters. The lowest BCUT2D eigenvalue weighted by atomic mass is 10.0. The van der Waals surface area contributed by atoms with Gasteiger partial charge in [-0.05, 0) is 40.2 Å². The Morgan fingerprint density at radius 2 is 1.80 bits per heavy atom. The number of aromatic nitrogens is 5. The SMILES string of the molecule is OC(Nc1cnc(-n2nccn2)c(Cl)c1)c1cc(F)c(-c2ccncc2Br)cc1Cl. The molecule has 0 fully saturated rings. The van der Waals surface area contributed by atoms with Crippen LogP contribution in [0.2, 0.25) is 10.0 Å². The molecule has 152 valence electrons. The highest BCUT2D eigenvalue weighted by molar-refractivity contribution is 9.10. The summed E-state index contributed by atoms with van der Waals surface area (Å²) in [6.45, 7) is 0. The molecule has 11 heteroatoms. The van der Waals surface area contributed by atoms with Crippen molar-refractivity contribution in [1.29, 1.82) is 0 Å². The molecule has 0 bridgehead atoms. The van der Waals surface area contributed by atoms with E-state index in [0.29, 0.717) is 21.5 Å². The van der Waals surface area contributed by atoms with Gasteiger partial charge in [0, 0.05) is 38.6 Å². The molecule has 0 amide bonds. The minimum Gasteiger partial charge on any atom is -0.369 e. The molecule has 0 saturated carbocycles. The van der Waals surface area contributed by atoms with E-state index in [4.69, 9.17) is 23.2 Å². The van der Waals surface area contributed by atoms with Gasteiger partial charge in [0.15, 0.2) is 12.0 Å². The molecular weight excluding hydrogens is 498 g/mol. The normalized spacial score (nSPS) is 12.0. The molecule has 0 saturated heterocycles. The molecule has 3 heterocycles. The lowest BCUT2D eigenvalue weighted by Gasteiger charge is -2.18. The number of aliphatic hydroxyl groups is 1. The number of pyridine rings is 2. The molecule has 4 aromatic rings. The van der Waals surface area contributed by atoms with Crippen molar-refractivity contribution < 1.29 is 9.50 Å². The van der Waals surface area contributed by atoms with E-state index in [2.05, 4.69) is 41.4 Å². The number of nitrogens with zero attached hydrogens (tertiary/aromatic N) is 5. The number of aliphatic hydroxyl groups excluding tert-OH is 1. The van der Waals surface area contributed by atoms with Crippen LogP contribution >= 0.6 is 39.1 Å². The van der Waals surface area contributed by atoms with E-state index < -0.39 is 12.0 Å². The molecule has 1 unspecified atom stereocenters. The number of halogens is 4. The highest BCUT2D eigenvalue weighted by atomic mass is 79.9. The third kappa shape index (κ3) is 4.15. The molecule has 3 aromatic heterocycles. The summed E-state index contributed by atoms with van der Waals surface area (Å²) in [5.41, 5.74) is 1.45. The number of hydrogen-bond acceptors (Lipinski definition) is 6. The molecule has 0 radical (unpaired) electrons. The summed E-state index contributed by atoms with van der Waals surface area (Å²) in [6, 6.07) is 5.84. The summed E-state index contributed by atoms with van der Waals surface area (Å²) in [4.78, 5) is 9.42. The van der Waals surface area contributed by atoms with Crippen LogP contribution in [0.5, 0.6) is 0 Å². The molecule has 2 N–H and O–H groups in total. The molecule has 0 aliphatic carbocycles. The zero-order valence-electron chi connectivity index (χ0n) is 15.0. The van der Waals surface area contributed by atoms with E-state index in [1.54, 1.807) is 24.5 Å². The Morgan fingerprint density at radius 3 is 2.50 bits per heavy atom. The van der Waals surface area contributed by atoms with Crippen LogP contribution in [-0.2, 0) is 0 Å². The summed E-state index contributed by atoms with van der Waals surface area (Å²) in [6.07, 6.45) is 6.26. The van der Waals surface area contributed by atoms with Crippen molar-refractivity contribution in [3.05, 3.63) is 81.1 Å². The first kappa shape index (κ1) is 20.7. The van der Waals surface area contributed by atoms with Gasteiger partial charge >= 0.3 is 0 Å². The maximum Gasteiger partial charge on any atom is 0.193 e. The first-order chi connectivity index (χ1) is 14.4. The van der Waals surface area contributed by atoms with Gasteiger partial charge in [-0.2, -0.15) is 10.2 Å². The van der Waals surface area contributed by atoms with Crippen LogP contribution in [0.25, 0.3) is 16.9 Å². The standard InChI is InChI=1S/C19H12BrCl2FN6O/c20-14-9-24-2-1-11(14)12-6-15(21)13(7-17(12)23)19(30)28-10-5-16(22)18(25-8-10)29-26-3-4-27-29/h1-9,19,28,30H. The fraction of sp³-hybridized carbons (Fsp3) is 0.0526. The lowest BCUT2D eigenvalue weighted by molar-refractivity contribution is 0.208. The smallest absolute Gasteiger partial charge is 0.193 e. The van der Waals surface area contributed by atoms with Crippen LogP contribution in [0.4, 0.5) is 10.1 Å². The molecule has 4 rings (SSSR count). The minimum absolute atomic E-state index is 0.164. The minimum atomic E-state index is -1.30. The molecule has 30 heavy (non-hydrogen) atoms. The van der Waals surface area contributed by atoms with Gasteiger partial charge in [-0.25, -0.2) is 9.37 Å². The summed E-state index contributed by atoms with van der Waals surface area (Å²) < 4.78 is 15.4. The Kier molecular flexibility index (Phi) is 5.96. The van der Waals surface area contributed by atoms with Gasteiger partial charge in [-0.3, -0.25) is 4.98 Å². The van der Waals surface area contributed by atoms with Gasteiger partial charge in [0.1, 0.15) is 5.82 Å². The summed E-state index contributed by atoms with van der Waals surface area (Å²) >= 11 is 15.9. The second-order valence-electron chi connectivity index (χ2n) is 6.10. The first-order valence-electron chi connectivity index (χ1n) is 8.49. The molecule has 0 aliphatic rings. The Morgan fingerprint density at radius 1 is 1.03 bits per heavy atom. The maximum atomic E-state index is 14.8. The second-order valence-corrected chi connectivity index (χ2v) is 7.77. The van der Waals surface area contributed by atoms with Gasteiger partial charge in [-0.1, -0.05) is 23.2 Å². The van der Waals surface area contributed by atoms with E-state index >= 15 is 0 Å². The highest BCUT2D eigenvalue weighted by Gasteiger charge is 2.18. The summed E-state index contributed by atoms with van der Waals surface area (Å²) in [5, 5.41) is 21.7. The monoisotopic (exact) mass is 508 g/mol. The highest BCUT2D eigenvalue weighted by Crippen LogP contribution is 2.35. The molecule has 0 spiro atoms. The molecule has 1 aromatic carbocycles. The first-order valence-corrected chi connectivity index (χ1v) is 10.0.